The van der Waals surface area contributed by atoms with E-state index >= 15 is 0 Å². The molecule has 0 aliphatic carbocycles. The van der Waals surface area contributed by atoms with Crippen molar-refractivity contribution in [1.82, 2.24) is 0 Å². The second-order valence-electron chi connectivity index (χ2n) is 12.2. The Hall–Kier alpha value is 1.42. The number of hydrogen-bond acceptors (Lipinski definition) is 3. The summed E-state index contributed by atoms with van der Waals surface area (Å²) in [6.45, 7) is 24.0. The molecule has 33 heavy (non-hydrogen) atoms. The van der Waals surface area contributed by atoms with E-state index in [1.807, 2.05) is 0 Å². The van der Waals surface area contributed by atoms with Gasteiger partial charge in [-0.1, -0.05) is 0 Å². The van der Waals surface area contributed by atoms with E-state index in [-0.39, 0.29) is 5.04 Å². The summed E-state index contributed by atoms with van der Waals surface area (Å²) in [6.07, 6.45) is 12.5. The first-order chi connectivity index (χ1) is 15.5. The van der Waals surface area contributed by atoms with E-state index in [4.69, 9.17) is 11.0 Å². The van der Waals surface area contributed by atoms with Crippen LogP contribution in [0.25, 0.3) is 0 Å². The van der Waals surface area contributed by atoms with Crippen LogP contribution in [0.3, 0.4) is 0 Å². The minimum atomic E-state index is -2.19. The number of thioether (sulfide) groups is 2. The molecule has 0 bridgehead atoms. The van der Waals surface area contributed by atoms with Gasteiger partial charge in [-0.05, 0) is 0 Å². The fourth-order valence-corrected chi connectivity index (χ4v) is 25.8. The summed E-state index contributed by atoms with van der Waals surface area (Å²) in [4.78, 5) is 0. The number of rotatable bonds is 17. The topological polar surface area (TPSA) is 9.23 Å². The van der Waals surface area contributed by atoms with Crippen LogP contribution in [0.4, 0.5) is 0 Å². The zero-order chi connectivity index (χ0) is 25.0. The van der Waals surface area contributed by atoms with Gasteiger partial charge in [0.2, 0.25) is 0 Å². The summed E-state index contributed by atoms with van der Waals surface area (Å²) in [6, 6.07) is 0. The van der Waals surface area contributed by atoms with E-state index in [9.17, 15) is 0 Å². The van der Waals surface area contributed by atoms with Gasteiger partial charge >= 0.3 is 224 Å². The Labute approximate surface area is 222 Å². The van der Waals surface area contributed by atoms with Crippen LogP contribution in [-0.4, -0.2) is 48.9 Å². The summed E-state index contributed by atoms with van der Waals surface area (Å²) in [5.41, 5.74) is 1.56. The van der Waals surface area contributed by atoms with Crippen LogP contribution in [0.5, 0.6) is 0 Å². The summed E-state index contributed by atoms with van der Waals surface area (Å²) in [7, 11) is -1.78. The molecule has 0 spiro atoms. The summed E-state index contributed by atoms with van der Waals surface area (Å²) >= 11 is 2.17. The van der Waals surface area contributed by atoms with Gasteiger partial charge in [0, 0.05) is 0 Å². The maximum absolute atomic E-state index is 7.11. The molecule has 0 aromatic carbocycles. The molecular formula is C28H58OS2SiSn. The zero-order valence-electron chi connectivity index (χ0n) is 23.7. The quantitative estimate of drug-likeness (QED) is 0.118. The summed E-state index contributed by atoms with van der Waals surface area (Å²) < 4.78 is 14.0. The molecule has 1 atom stereocenters. The van der Waals surface area contributed by atoms with Crippen LogP contribution in [0.2, 0.25) is 35.9 Å². The van der Waals surface area contributed by atoms with Crippen molar-refractivity contribution in [3.05, 3.63) is 12.2 Å². The van der Waals surface area contributed by atoms with Crippen LogP contribution in [0.15, 0.2) is 12.2 Å². The van der Waals surface area contributed by atoms with Crippen molar-refractivity contribution in [2.24, 2.45) is 0 Å². The van der Waals surface area contributed by atoms with Gasteiger partial charge in [-0.25, -0.2) is 0 Å². The van der Waals surface area contributed by atoms with E-state index in [0.717, 1.165) is 11.0 Å². The third kappa shape index (κ3) is 12.5. The van der Waals surface area contributed by atoms with Gasteiger partial charge in [-0.3, -0.25) is 0 Å². The molecule has 0 radical (unpaired) electrons. The second-order valence-corrected chi connectivity index (χ2v) is 33.7. The van der Waals surface area contributed by atoms with Crippen molar-refractivity contribution in [2.75, 3.05) is 11.5 Å². The minimum absolute atomic E-state index is 0.270. The van der Waals surface area contributed by atoms with E-state index < -0.39 is 26.7 Å². The van der Waals surface area contributed by atoms with E-state index in [1.54, 1.807) is 18.9 Å². The van der Waals surface area contributed by atoms with Gasteiger partial charge < -0.3 is 0 Å². The van der Waals surface area contributed by atoms with Gasteiger partial charge in [0.05, 0.1) is 0 Å². The molecule has 1 heterocycles. The van der Waals surface area contributed by atoms with Crippen molar-refractivity contribution in [1.29, 1.82) is 0 Å². The molecule has 1 rings (SSSR count). The van der Waals surface area contributed by atoms with Crippen LogP contribution in [0, 0.1) is 0 Å². The average molecular weight is 622 g/mol. The van der Waals surface area contributed by atoms with Crippen LogP contribution >= 0.6 is 23.5 Å². The zero-order valence-corrected chi connectivity index (χ0v) is 29.2. The third-order valence-corrected chi connectivity index (χ3v) is 31.1. The Morgan fingerprint density at radius 3 is 1.88 bits per heavy atom. The Bertz CT molecular complexity index is 519. The number of hydrogen-bond donors (Lipinski definition) is 0. The molecule has 0 unspecified atom stereocenters. The van der Waals surface area contributed by atoms with Crippen molar-refractivity contribution >= 4 is 50.2 Å². The molecule has 1 nitrogen and oxygen atoms in total. The second kappa shape index (κ2) is 16.3. The molecule has 0 amide bonds. The Morgan fingerprint density at radius 1 is 0.970 bits per heavy atom. The van der Waals surface area contributed by atoms with E-state index in [1.165, 1.54) is 67.3 Å². The monoisotopic (exact) mass is 622 g/mol. The standard InChI is InChI=1S/C16H31OS2Si.3C4H9.Sn/c1-13(2)11-14(12-15-18-9-8-10-19-15)17-20(6,7)16(3,4)5;3*1-3-4-2;/h14-15H,1-2,8-12H2,3-7H3;3*1,3-4H2,2H3;/t14-;;;;/m0..../s1. The van der Waals surface area contributed by atoms with Gasteiger partial charge in [-0.2, -0.15) is 0 Å². The molecule has 0 saturated carbocycles. The van der Waals surface area contributed by atoms with Gasteiger partial charge in [0.25, 0.3) is 0 Å². The SMILES string of the molecule is C=C(C[C@@H](CC1SCCCS1)O[Si](C)(C)C(C)(C)C)[CH2][Sn]([CH2]CCC)([CH2]CCC)[CH2]CCC. The predicted molar refractivity (Wildman–Crippen MR) is 163 cm³/mol. The Morgan fingerprint density at radius 2 is 1.45 bits per heavy atom. The van der Waals surface area contributed by atoms with Crippen molar-refractivity contribution in [3.63, 3.8) is 0 Å². The van der Waals surface area contributed by atoms with Crippen LogP contribution in [0.1, 0.15) is 99.3 Å². The molecule has 1 aliphatic rings. The van der Waals surface area contributed by atoms with Crippen molar-refractivity contribution < 1.29 is 4.43 Å². The van der Waals surface area contributed by atoms with Crippen LogP contribution < -0.4 is 0 Å². The molecule has 1 fully saturated rings. The number of unbranched alkanes of at least 4 members (excludes halogenated alkanes) is 3. The fourth-order valence-electron chi connectivity index (χ4n) is 4.87. The fraction of sp³-hybridized carbons (Fsp3) is 0.929. The Balaban J connectivity index is 2.99. The maximum atomic E-state index is 7.11. The Kier molecular flexibility index (Phi) is 16.0. The van der Waals surface area contributed by atoms with Gasteiger partial charge in [0.1, 0.15) is 0 Å². The molecule has 0 aromatic rings. The summed E-state index contributed by atoms with van der Waals surface area (Å²) in [5, 5.41) is 0.270. The molecule has 5 heteroatoms. The average Bonchev–Trinajstić information content (AvgIpc) is 2.74. The van der Waals surface area contributed by atoms with E-state index in [2.05, 4.69) is 78.2 Å². The first kappa shape index (κ1) is 32.4. The van der Waals surface area contributed by atoms with Gasteiger partial charge in [-0.15, -0.1) is 0 Å². The molecule has 0 N–H and O–H groups in total. The van der Waals surface area contributed by atoms with E-state index in [0.29, 0.717) is 6.10 Å². The first-order valence-electron chi connectivity index (χ1n) is 14.1. The molecule has 0 aromatic heterocycles. The van der Waals surface area contributed by atoms with Gasteiger partial charge in [0.15, 0.2) is 0 Å². The van der Waals surface area contributed by atoms with Crippen molar-refractivity contribution in [2.45, 2.75) is 146 Å². The molecule has 1 saturated heterocycles. The van der Waals surface area contributed by atoms with Crippen LogP contribution in [-0.2, 0) is 4.43 Å². The normalized spacial score (nSPS) is 17.3. The summed E-state index contributed by atoms with van der Waals surface area (Å²) in [5.74, 6) is 2.66. The molecule has 196 valence electrons. The van der Waals surface area contributed by atoms with Crippen molar-refractivity contribution in [3.8, 4) is 0 Å². The predicted octanol–water partition coefficient (Wildman–Crippen LogP) is 10.8. The third-order valence-electron chi connectivity index (χ3n) is 7.94. The first-order valence-corrected chi connectivity index (χ1v) is 27.1. The molecule has 1 aliphatic heterocycles. The molecular weight excluding hydrogens is 563 g/mol.